The summed E-state index contributed by atoms with van der Waals surface area (Å²) >= 11 is 3.70. The molecule has 8 heavy (non-hydrogen) atoms. The molecule has 0 aliphatic carbocycles. The predicted molar refractivity (Wildman–Crippen MR) is 32.1 cm³/mol. The van der Waals surface area contributed by atoms with Crippen LogP contribution in [0.5, 0.6) is 0 Å². The van der Waals surface area contributed by atoms with Gasteiger partial charge in [-0.05, 0) is 0 Å². The lowest BCUT2D eigenvalue weighted by Gasteiger charge is -2.05. The zero-order valence-corrected chi connectivity index (χ0v) is 5.30. The molecule has 48 valence electrons. The summed E-state index contributed by atoms with van der Waals surface area (Å²) in [6.07, 6.45) is -1.35. The molecule has 0 unspecified atom stereocenters. The molecular formula is C4H8O3S. The second-order valence-corrected chi connectivity index (χ2v) is 2.34. The van der Waals surface area contributed by atoms with E-state index in [-0.39, 0.29) is 0 Å². The molecule has 0 aromatic heterocycles. The lowest BCUT2D eigenvalue weighted by Crippen LogP contribution is -2.27. The van der Waals surface area contributed by atoms with Crippen molar-refractivity contribution < 1.29 is 15.0 Å². The minimum Gasteiger partial charge on any atom is -0.479 e. The summed E-state index contributed by atoms with van der Waals surface area (Å²) in [6, 6.07) is 0. The average molecular weight is 136 g/mol. The standard InChI is InChI=1S/C4H8O3S/c1-2(8)3(5)4(6)7/h2-3,5,8H,1H3,(H,6,7)/t2-,3+/m1/s1. The van der Waals surface area contributed by atoms with Crippen molar-refractivity contribution in [2.75, 3.05) is 0 Å². The van der Waals surface area contributed by atoms with Gasteiger partial charge in [0.2, 0.25) is 0 Å². The van der Waals surface area contributed by atoms with Gasteiger partial charge in [0.25, 0.3) is 0 Å². The van der Waals surface area contributed by atoms with Gasteiger partial charge in [0.15, 0.2) is 6.10 Å². The number of aliphatic carboxylic acids is 1. The first-order valence-corrected chi connectivity index (χ1v) is 2.66. The Morgan fingerprint density at radius 1 is 1.75 bits per heavy atom. The lowest BCUT2D eigenvalue weighted by molar-refractivity contribution is -0.146. The SMILES string of the molecule is C[C@@H](S)[C@H](O)C(=O)O. The number of aliphatic hydroxyl groups is 1. The van der Waals surface area contributed by atoms with Crippen molar-refractivity contribution >= 4 is 18.6 Å². The average Bonchev–Trinajstić information content (AvgIpc) is 1.64. The minimum atomic E-state index is -1.35. The van der Waals surface area contributed by atoms with Gasteiger partial charge in [-0.1, -0.05) is 6.92 Å². The van der Waals surface area contributed by atoms with Crippen molar-refractivity contribution in [3.05, 3.63) is 0 Å². The molecule has 2 N–H and O–H groups in total. The zero-order valence-electron chi connectivity index (χ0n) is 4.40. The lowest BCUT2D eigenvalue weighted by atomic mass is 10.3. The molecule has 0 bridgehead atoms. The molecular weight excluding hydrogens is 128 g/mol. The zero-order chi connectivity index (χ0) is 6.73. The Bertz CT molecular complexity index is 91.3. The van der Waals surface area contributed by atoms with Crippen LogP contribution in [0.15, 0.2) is 0 Å². The summed E-state index contributed by atoms with van der Waals surface area (Å²) in [6.45, 7) is 1.52. The minimum absolute atomic E-state index is 0.507. The largest absolute Gasteiger partial charge is 0.479 e. The van der Waals surface area contributed by atoms with Gasteiger partial charge < -0.3 is 10.2 Å². The third-order valence-electron chi connectivity index (χ3n) is 0.710. The summed E-state index contributed by atoms with van der Waals surface area (Å²) in [7, 11) is 0. The normalized spacial score (nSPS) is 17.4. The quantitative estimate of drug-likeness (QED) is 0.459. The van der Waals surface area contributed by atoms with Gasteiger partial charge in [0.1, 0.15) is 0 Å². The van der Waals surface area contributed by atoms with E-state index in [0.29, 0.717) is 0 Å². The molecule has 3 nitrogen and oxygen atoms in total. The van der Waals surface area contributed by atoms with Gasteiger partial charge in [0.05, 0.1) is 0 Å². The van der Waals surface area contributed by atoms with E-state index in [1.54, 1.807) is 0 Å². The van der Waals surface area contributed by atoms with Crippen molar-refractivity contribution in [1.29, 1.82) is 0 Å². The van der Waals surface area contributed by atoms with Gasteiger partial charge in [-0.25, -0.2) is 4.79 Å². The molecule has 0 aliphatic rings. The number of rotatable bonds is 2. The second-order valence-electron chi connectivity index (χ2n) is 1.52. The third kappa shape index (κ3) is 2.18. The molecule has 0 aliphatic heterocycles. The first-order valence-electron chi connectivity index (χ1n) is 2.14. The third-order valence-corrected chi connectivity index (χ3v) is 0.992. The molecule has 4 heteroatoms. The Morgan fingerprint density at radius 3 is 2.12 bits per heavy atom. The van der Waals surface area contributed by atoms with Gasteiger partial charge in [-0.15, -0.1) is 0 Å². The van der Waals surface area contributed by atoms with Crippen LogP contribution in [0.25, 0.3) is 0 Å². The van der Waals surface area contributed by atoms with Gasteiger partial charge in [0, 0.05) is 5.25 Å². The highest BCUT2D eigenvalue weighted by Crippen LogP contribution is 1.99. The van der Waals surface area contributed by atoms with Crippen LogP contribution in [0.4, 0.5) is 0 Å². The maximum Gasteiger partial charge on any atom is 0.333 e. The van der Waals surface area contributed by atoms with Crippen molar-refractivity contribution in [2.45, 2.75) is 18.3 Å². The van der Waals surface area contributed by atoms with Crippen molar-refractivity contribution in [2.24, 2.45) is 0 Å². The van der Waals surface area contributed by atoms with Crippen LogP contribution in [0.2, 0.25) is 0 Å². The number of hydrogen-bond acceptors (Lipinski definition) is 3. The highest BCUT2D eigenvalue weighted by molar-refractivity contribution is 7.81. The van der Waals surface area contributed by atoms with Gasteiger partial charge in [-0.3, -0.25) is 0 Å². The fourth-order valence-electron chi connectivity index (χ4n) is 0.206. The number of aliphatic hydroxyl groups excluding tert-OH is 1. The summed E-state index contributed by atoms with van der Waals surface area (Å²) in [5.41, 5.74) is 0. The molecule has 2 atom stereocenters. The van der Waals surface area contributed by atoms with E-state index in [0.717, 1.165) is 0 Å². The van der Waals surface area contributed by atoms with Crippen LogP contribution in [0.1, 0.15) is 6.92 Å². The van der Waals surface area contributed by atoms with Crippen molar-refractivity contribution in [1.82, 2.24) is 0 Å². The Morgan fingerprint density at radius 2 is 2.12 bits per heavy atom. The molecule has 0 spiro atoms. The Labute approximate surface area is 52.7 Å². The highest BCUT2D eigenvalue weighted by Gasteiger charge is 2.17. The molecule has 0 saturated carbocycles. The number of hydrogen-bond donors (Lipinski definition) is 3. The Balaban J connectivity index is 3.64. The van der Waals surface area contributed by atoms with E-state index >= 15 is 0 Å². The van der Waals surface area contributed by atoms with E-state index in [1.165, 1.54) is 6.92 Å². The molecule has 0 amide bonds. The number of carbonyl (C=O) groups is 1. The fourth-order valence-corrected chi connectivity index (χ4v) is 0.334. The molecule has 0 radical (unpaired) electrons. The summed E-state index contributed by atoms with van der Waals surface area (Å²) in [5.74, 6) is -1.23. The predicted octanol–water partition coefficient (Wildman–Crippen LogP) is -0.250. The monoisotopic (exact) mass is 136 g/mol. The van der Waals surface area contributed by atoms with Gasteiger partial charge in [-0.2, -0.15) is 12.6 Å². The van der Waals surface area contributed by atoms with Crippen molar-refractivity contribution in [3.63, 3.8) is 0 Å². The first kappa shape index (κ1) is 7.78. The number of thiol groups is 1. The van der Waals surface area contributed by atoms with Gasteiger partial charge >= 0.3 is 5.97 Å². The first-order chi connectivity index (χ1) is 3.55. The van der Waals surface area contributed by atoms with E-state index in [9.17, 15) is 4.79 Å². The van der Waals surface area contributed by atoms with Crippen molar-refractivity contribution in [3.8, 4) is 0 Å². The smallest absolute Gasteiger partial charge is 0.333 e. The highest BCUT2D eigenvalue weighted by atomic mass is 32.1. The molecule has 0 heterocycles. The maximum atomic E-state index is 9.84. The molecule has 0 aromatic carbocycles. The Kier molecular flexibility index (Phi) is 2.86. The molecule has 0 saturated heterocycles. The van der Waals surface area contributed by atoms with Crippen LogP contribution >= 0.6 is 12.6 Å². The Hall–Kier alpha value is -0.220. The van der Waals surface area contributed by atoms with Crippen LogP contribution in [0, 0.1) is 0 Å². The van der Waals surface area contributed by atoms with E-state index in [4.69, 9.17) is 10.2 Å². The maximum absolute atomic E-state index is 9.84. The summed E-state index contributed by atoms with van der Waals surface area (Å²) in [4.78, 5) is 9.84. The number of carboxylic acid groups (broad SMARTS) is 1. The molecule has 0 aromatic rings. The second kappa shape index (κ2) is 2.94. The summed E-state index contributed by atoms with van der Waals surface area (Å²) < 4.78 is 0. The summed E-state index contributed by atoms with van der Waals surface area (Å²) in [5, 5.41) is 16.1. The van der Waals surface area contributed by atoms with Crippen LogP contribution < -0.4 is 0 Å². The molecule has 0 rings (SSSR count). The van der Waals surface area contributed by atoms with E-state index < -0.39 is 17.3 Å². The van der Waals surface area contributed by atoms with Crippen LogP contribution in [-0.2, 0) is 4.79 Å². The van der Waals surface area contributed by atoms with E-state index in [1.807, 2.05) is 0 Å². The molecule has 0 fully saturated rings. The van der Waals surface area contributed by atoms with Crippen LogP contribution in [0.3, 0.4) is 0 Å². The van der Waals surface area contributed by atoms with E-state index in [2.05, 4.69) is 12.6 Å². The van der Waals surface area contributed by atoms with Crippen LogP contribution in [-0.4, -0.2) is 27.5 Å². The topological polar surface area (TPSA) is 57.5 Å². The number of carboxylic acids is 1. The fraction of sp³-hybridized carbons (Fsp3) is 0.750.